The van der Waals surface area contributed by atoms with Crippen molar-refractivity contribution in [3.63, 3.8) is 0 Å². The predicted molar refractivity (Wildman–Crippen MR) is 51.2 cm³/mol. The molecule has 1 aromatic carbocycles. The molecule has 2 nitrogen and oxygen atoms in total. The van der Waals surface area contributed by atoms with Gasteiger partial charge in [-0.05, 0) is 12.0 Å². The Kier molecular flexibility index (Phi) is 3.50. The maximum Gasteiger partial charge on any atom is 0.303 e. The largest absolute Gasteiger partial charge is 0.458 e. The molecule has 0 aliphatic carbocycles. The van der Waals surface area contributed by atoms with Gasteiger partial charge < -0.3 is 4.74 Å². The molecule has 0 saturated heterocycles. The van der Waals surface area contributed by atoms with Crippen LogP contribution in [0.1, 0.15) is 31.9 Å². The Morgan fingerprint density at radius 2 is 2.00 bits per heavy atom. The molecule has 0 fully saturated rings. The second-order valence-electron chi connectivity index (χ2n) is 2.92. The third kappa shape index (κ3) is 2.90. The van der Waals surface area contributed by atoms with Gasteiger partial charge in [0.05, 0.1) is 0 Å². The Morgan fingerprint density at radius 3 is 2.46 bits per heavy atom. The monoisotopic (exact) mass is 178 g/mol. The molecule has 0 aliphatic heterocycles. The first kappa shape index (κ1) is 9.78. The van der Waals surface area contributed by atoms with Gasteiger partial charge in [-0.25, -0.2) is 0 Å². The number of esters is 1. The van der Waals surface area contributed by atoms with Crippen molar-refractivity contribution in [3.05, 3.63) is 35.9 Å². The van der Waals surface area contributed by atoms with Crippen molar-refractivity contribution in [1.29, 1.82) is 0 Å². The van der Waals surface area contributed by atoms with Gasteiger partial charge in [0.25, 0.3) is 0 Å². The topological polar surface area (TPSA) is 26.3 Å². The Labute approximate surface area is 78.5 Å². The average Bonchev–Trinajstić information content (AvgIpc) is 2.15. The van der Waals surface area contributed by atoms with Crippen LogP contribution in [0.2, 0.25) is 0 Å². The highest BCUT2D eigenvalue weighted by Crippen LogP contribution is 2.20. The van der Waals surface area contributed by atoms with Crippen LogP contribution in [0.4, 0.5) is 0 Å². The first-order chi connectivity index (χ1) is 6.24. The van der Waals surface area contributed by atoms with E-state index in [9.17, 15) is 4.79 Å². The maximum absolute atomic E-state index is 10.8. The summed E-state index contributed by atoms with van der Waals surface area (Å²) < 4.78 is 5.15. The van der Waals surface area contributed by atoms with E-state index in [0.29, 0.717) is 0 Å². The second-order valence-corrected chi connectivity index (χ2v) is 2.92. The van der Waals surface area contributed by atoms with Crippen LogP contribution < -0.4 is 0 Å². The minimum Gasteiger partial charge on any atom is -0.458 e. The summed E-state index contributed by atoms with van der Waals surface area (Å²) in [6.45, 7) is 3.44. The van der Waals surface area contributed by atoms with Crippen LogP contribution >= 0.6 is 0 Å². The number of carbonyl (C=O) groups is 1. The van der Waals surface area contributed by atoms with Crippen molar-refractivity contribution in [2.45, 2.75) is 26.4 Å². The van der Waals surface area contributed by atoms with Crippen molar-refractivity contribution in [3.8, 4) is 0 Å². The Hall–Kier alpha value is -1.31. The molecular formula is C11H14O2. The predicted octanol–water partition coefficient (Wildman–Crippen LogP) is 2.70. The van der Waals surface area contributed by atoms with Crippen LogP contribution in [0.5, 0.6) is 0 Å². The van der Waals surface area contributed by atoms with Crippen LogP contribution in [-0.4, -0.2) is 5.97 Å². The molecule has 2 heteroatoms. The molecular weight excluding hydrogens is 164 g/mol. The lowest BCUT2D eigenvalue weighted by Gasteiger charge is -2.14. The van der Waals surface area contributed by atoms with Crippen LogP contribution in [0.15, 0.2) is 30.3 Å². The average molecular weight is 178 g/mol. The van der Waals surface area contributed by atoms with Gasteiger partial charge in [0, 0.05) is 6.92 Å². The van der Waals surface area contributed by atoms with Crippen LogP contribution in [0.3, 0.4) is 0 Å². The van der Waals surface area contributed by atoms with Gasteiger partial charge in [0.2, 0.25) is 0 Å². The summed E-state index contributed by atoms with van der Waals surface area (Å²) in [5, 5.41) is 0. The van der Waals surface area contributed by atoms with E-state index in [-0.39, 0.29) is 12.1 Å². The molecule has 0 N–H and O–H groups in total. The molecule has 0 aromatic heterocycles. The van der Waals surface area contributed by atoms with Crippen LogP contribution in [-0.2, 0) is 9.53 Å². The smallest absolute Gasteiger partial charge is 0.303 e. The summed E-state index contributed by atoms with van der Waals surface area (Å²) in [5.74, 6) is -0.226. The van der Waals surface area contributed by atoms with Gasteiger partial charge in [0.1, 0.15) is 6.10 Å². The van der Waals surface area contributed by atoms with Crippen molar-refractivity contribution in [1.82, 2.24) is 0 Å². The first-order valence-electron chi connectivity index (χ1n) is 4.46. The van der Waals surface area contributed by atoms with E-state index >= 15 is 0 Å². The lowest BCUT2D eigenvalue weighted by Crippen LogP contribution is -2.07. The highest BCUT2D eigenvalue weighted by atomic mass is 16.5. The zero-order valence-electron chi connectivity index (χ0n) is 7.99. The van der Waals surface area contributed by atoms with Crippen molar-refractivity contribution >= 4 is 5.97 Å². The Bertz CT molecular complexity index is 267. The van der Waals surface area contributed by atoms with E-state index in [2.05, 4.69) is 0 Å². The third-order valence-corrected chi connectivity index (χ3v) is 1.85. The highest BCUT2D eigenvalue weighted by molar-refractivity contribution is 5.66. The minimum atomic E-state index is -0.226. The van der Waals surface area contributed by atoms with Gasteiger partial charge in [-0.15, -0.1) is 0 Å². The molecule has 0 spiro atoms. The van der Waals surface area contributed by atoms with Crippen molar-refractivity contribution in [2.75, 3.05) is 0 Å². The lowest BCUT2D eigenvalue weighted by atomic mass is 10.1. The fourth-order valence-electron chi connectivity index (χ4n) is 1.26. The summed E-state index contributed by atoms with van der Waals surface area (Å²) in [5.41, 5.74) is 1.06. The highest BCUT2D eigenvalue weighted by Gasteiger charge is 2.10. The molecule has 1 atom stereocenters. The van der Waals surface area contributed by atoms with Crippen molar-refractivity contribution < 1.29 is 9.53 Å². The standard InChI is InChI=1S/C11H14O2/c1-3-11(13-9(2)12)10-7-5-4-6-8-10/h4-8,11H,3H2,1-2H3/t11-/m0/s1. The molecule has 0 unspecified atom stereocenters. The number of carbonyl (C=O) groups excluding carboxylic acids is 1. The molecule has 0 heterocycles. The number of ether oxygens (including phenoxy) is 1. The first-order valence-corrected chi connectivity index (χ1v) is 4.46. The molecule has 0 bridgehead atoms. The number of hydrogen-bond donors (Lipinski definition) is 0. The number of hydrogen-bond acceptors (Lipinski definition) is 2. The number of rotatable bonds is 3. The van der Waals surface area contributed by atoms with Crippen LogP contribution in [0.25, 0.3) is 0 Å². The SMILES string of the molecule is CC[C@H](OC(C)=O)c1ccccc1. The number of benzene rings is 1. The fourth-order valence-corrected chi connectivity index (χ4v) is 1.26. The quantitative estimate of drug-likeness (QED) is 0.665. The van der Waals surface area contributed by atoms with E-state index in [1.165, 1.54) is 6.92 Å². The minimum absolute atomic E-state index is 0.0984. The zero-order valence-corrected chi connectivity index (χ0v) is 7.99. The summed E-state index contributed by atoms with van der Waals surface area (Å²) in [4.78, 5) is 10.8. The van der Waals surface area contributed by atoms with Gasteiger partial charge in [0.15, 0.2) is 0 Å². The Balaban J connectivity index is 2.73. The zero-order chi connectivity index (χ0) is 9.68. The summed E-state index contributed by atoms with van der Waals surface area (Å²) in [6, 6.07) is 9.78. The van der Waals surface area contributed by atoms with Crippen LogP contribution in [0, 0.1) is 0 Å². The second kappa shape index (κ2) is 4.65. The van der Waals surface area contributed by atoms with E-state index in [0.717, 1.165) is 12.0 Å². The van der Waals surface area contributed by atoms with E-state index in [4.69, 9.17) is 4.74 Å². The Morgan fingerprint density at radius 1 is 1.38 bits per heavy atom. The maximum atomic E-state index is 10.8. The van der Waals surface area contributed by atoms with Gasteiger partial charge >= 0.3 is 5.97 Å². The van der Waals surface area contributed by atoms with E-state index in [1.54, 1.807) is 0 Å². The summed E-state index contributed by atoms with van der Waals surface area (Å²) in [7, 11) is 0. The molecule has 70 valence electrons. The summed E-state index contributed by atoms with van der Waals surface area (Å²) in [6.07, 6.45) is 0.711. The van der Waals surface area contributed by atoms with Gasteiger partial charge in [-0.1, -0.05) is 37.3 Å². The molecule has 13 heavy (non-hydrogen) atoms. The molecule has 0 aliphatic rings. The fraction of sp³-hybridized carbons (Fsp3) is 0.364. The van der Waals surface area contributed by atoms with Gasteiger partial charge in [-0.2, -0.15) is 0 Å². The lowest BCUT2D eigenvalue weighted by molar-refractivity contribution is -0.146. The normalized spacial score (nSPS) is 12.2. The van der Waals surface area contributed by atoms with Crippen molar-refractivity contribution in [2.24, 2.45) is 0 Å². The molecule has 1 aromatic rings. The third-order valence-electron chi connectivity index (χ3n) is 1.85. The van der Waals surface area contributed by atoms with E-state index < -0.39 is 0 Å². The van der Waals surface area contributed by atoms with Gasteiger partial charge in [-0.3, -0.25) is 4.79 Å². The molecule has 0 saturated carbocycles. The molecule has 0 amide bonds. The summed E-state index contributed by atoms with van der Waals surface area (Å²) >= 11 is 0. The van der Waals surface area contributed by atoms with E-state index in [1.807, 2.05) is 37.3 Å². The molecule has 0 radical (unpaired) electrons. The molecule has 1 rings (SSSR count).